The van der Waals surface area contributed by atoms with Gasteiger partial charge in [-0.15, -0.1) is 0 Å². The van der Waals surface area contributed by atoms with Gasteiger partial charge >= 0.3 is 17.9 Å². The predicted octanol–water partition coefficient (Wildman–Crippen LogP) is 1.65. The van der Waals surface area contributed by atoms with E-state index in [0.29, 0.717) is 0 Å². The Morgan fingerprint density at radius 1 is 1.00 bits per heavy atom. The molecule has 0 aromatic carbocycles. The zero-order chi connectivity index (χ0) is 16.0. The van der Waals surface area contributed by atoms with Crippen molar-refractivity contribution in [2.75, 3.05) is 13.2 Å². The minimum absolute atomic E-state index is 0.116. The second-order valence-corrected chi connectivity index (χ2v) is 3.26. The summed E-state index contributed by atoms with van der Waals surface area (Å²) in [6.45, 7) is 11.6. The van der Waals surface area contributed by atoms with Crippen molar-refractivity contribution in [2.45, 2.75) is 6.92 Å². The highest BCUT2D eigenvalue weighted by molar-refractivity contribution is 5.91. The van der Waals surface area contributed by atoms with Gasteiger partial charge in [0, 0.05) is 17.7 Å². The van der Waals surface area contributed by atoms with Crippen LogP contribution < -0.4 is 0 Å². The number of esters is 2. The summed E-state index contributed by atoms with van der Waals surface area (Å²) >= 11 is 0. The second kappa shape index (κ2) is 12.8. The number of rotatable bonds is 7. The van der Waals surface area contributed by atoms with Crippen LogP contribution in [0.4, 0.5) is 0 Å². The summed E-state index contributed by atoms with van der Waals surface area (Å²) in [6.07, 6.45) is 4.85. The molecule has 0 radical (unpaired) electrons. The van der Waals surface area contributed by atoms with Gasteiger partial charge < -0.3 is 14.6 Å². The first-order chi connectivity index (χ1) is 9.34. The summed E-state index contributed by atoms with van der Waals surface area (Å²) in [7, 11) is 0. The number of hydrogen-bond donors (Lipinski definition) is 1. The predicted molar refractivity (Wildman–Crippen MR) is 73.9 cm³/mol. The van der Waals surface area contributed by atoms with Crippen LogP contribution in [0.25, 0.3) is 0 Å². The summed E-state index contributed by atoms with van der Waals surface area (Å²) in [4.78, 5) is 31.2. The second-order valence-electron chi connectivity index (χ2n) is 3.26. The van der Waals surface area contributed by atoms with E-state index in [-0.39, 0.29) is 18.8 Å². The SMILES string of the molecule is C=C(C)C(=O)O.C=CCOC(=O)C=CC(=O)OCC=C. The van der Waals surface area contributed by atoms with Gasteiger partial charge in [-0.3, -0.25) is 0 Å². The van der Waals surface area contributed by atoms with Crippen molar-refractivity contribution in [3.63, 3.8) is 0 Å². The molecule has 6 nitrogen and oxygen atoms in total. The van der Waals surface area contributed by atoms with Gasteiger partial charge in [-0.1, -0.05) is 31.9 Å². The fourth-order valence-corrected chi connectivity index (χ4v) is 0.514. The highest BCUT2D eigenvalue weighted by Gasteiger charge is 1.98. The third-order valence-corrected chi connectivity index (χ3v) is 1.41. The smallest absolute Gasteiger partial charge is 0.331 e. The molecule has 110 valence electrons. The van der Waals surface area contributed by atoms with E-state index < -0.39 is 17.9 Å². The molecule has 0 amide bonds. The summed E-state index contributed by atoms with van der Waals surface area (Å²) in [5, 5.41) is 7.89. The maximum atomic E-state index is 10.8. The number of carboxylic acid groups (broad SMARTS) is 1. The Kier molecular flexibility index (Phi) is 12.6. The van der Waals surface area contributed by atoms with E-state index in [2.05, 4.69) is 29.2 Å². The first kappa shape index (κ1) is 19.7. The van der Waals surface area contributed by atoms with E-state index in [1.54, 1.807) is 0 Å². The molecular formula is C14H18O6. The largest absolute Gasteiger partial charge is 0.478 e. The molecule has 1 N–H and O–H groups in total. The van der Waals surface area contributed by atoms with Crippen molar-refractivity contribution in [3.05, 3.63) is 49.6 Å². The number of ether oxygens (including phenoxy) is 2. The van der Waals surface area contributed by atoms with Crippen LogP contribution in [0.15, 0.2) is 49.6 Å². The molecule has 0 fully saturated rings. The summed E-state index contributed by atoms with van der Waals surface area (Å²) in [5.74, 6) is -2.16. The van der Waals surface area contributed by atoms with Gasteiger partial charge in [0.1, 0.15) is 13.2 Å². The highest BCUT2D eigenvalue weighted by atomic mass is 16.5. The standard InChI is InChI=1S/C10H12O4.C4H6O2/c1-3-7-13-9(11)5-6-10(12)14-8-4-2;1-3(2)4(5)6/h3-6H,1-2,7-8H2;1H2,2H3,(H,5,6). The molecule has 0 aliphatic heterocycles. The van der Waals surface area contributed by atoms with E-state index in [4.69, 9.17) is 5.11 Å². The monoisotopic (exact) mass is 282 g/mol. The van der Waals surface area contributed by atoms with Crippen molar-refractivity contribution in [1.82, 2.24) is 0 Å². The molecule has 0 bridgehead atoms. The van der Waals surface area contributed by atoms with Gasteiger partial charge in [0.15, 0.2) is 0 Å². The van der Waals surface area contributed by atoms with Gasteiger partial charge in [0.05, 0.1) is 0 Å². The normalized spacial score (nSPS) is 8.85. The van der Waals surface area contributed by atoms with Crippen molar-refractivity contribution in [1.29, 1.82) is 0 Å². The zero-order valence-electron chi connectivity index (χ0n) is 11.3. The van der Waals surface area contributed by atoms with Crippen LogP contribution in [-0.4, -0.2) is 36.2 Å². The number of carbonyl (C=O) groups excluding carboxylic acids is 2. The number of aliphatic carboxylic acids is 1. The van der Waals surface area contributed by atoms with Crippen LogP contribution in [0.3, 0.4) is 0 Å². The number of carboxylic acids is 1. The quantitative estimate of drug-likeness (QED) is 0.434. The van der Waals surface area contributed by atoms with Crippen LogP contribution in [0.5, 0.6) is 0 Å². The van der Waals surface area contributed by atoms with Crippen LogP contribution in [0, 0.1) is 0 Å². The molecular weight excluding hydrogens is 264 g/mol. The fourth-order valence-electron chi connectivity index (χ4n) is 0.514. The molecule has 0 saturated heterocycles. The maximum Gasteiger partial charge on any atom is 0.331 e. The third kappa shape index (κ3) is 15.4. The topological polar surface area (TPSA) is 89.9 Å². The average molecular weight is 282 g/mol. The Hall–Kier alpha value is -2.63. The summed E-state index contributed by atoms with van der Waals surface area (Å²) in [6, 6.07) is 0. The summed E-state index contributed by atoms with van der Waals surface area (Å²) in [5.41, 5.74) is 0.176. The minimum atomic E-state index is -0.935. The molecule has 0 aliphatic carbocycles. The molecule has 6 heteroatoms. The Bertz CT molecular complexity index is 368. The first-order valence-corrected chi connectivity index (χ1v) is 5.47. The lowest BCUT2D eigenvalue weighted by atomic mass is 10.4. The van der Waals surface area contributed by atoms with Gasteiger partial charge in [-0.05, 0) is 6.92 Å². The zero-order valence-corrected chi connectivity index (χ0v) is 11.3. The Labute approximate surface area is 117 Å². The van der Waals surface area contributed by atoms with E-state index in [9.17, 15) is 14.4 Å². The molecule has 0 rings (SSSR count). The highest BCUT2D eigenvalue weighted by Crippen LogP contribution is 1.86. The maximum absolute atomic E-state index is 10.8. The van der Waals surface area contributed by atoms with Gasteiger partial charge in [0.25, 0.3) is 0 Å². The molecule has 0 aliphatic rings. The molecule has 0 spiro atoms. The van der Waals surface area contributed by atoms with Crippen molar-refractivity contribution in [3.8, 4) is 0 Å². The van der Waals surface area contributed by atoms with Crippen LogP contribution >= 0.6 is 0 Å². The first-order valence-electron chi connectivity index (χ1n) is 5.47. The molecule has 0 heterocycles. The number of hydrogen-bond acceptors (Lipinski definition) is 5. The van der Waals surface area contributed by atoms with E-state index >= 15 is 0 Å². The Morgan fingerprint density at radius 2 is 1.30 bits per heavy atom. The molecule has 0 unspecified atom stereocenters. The molecule has 0 aromatic rings. The van der Waals surface area contributed by atoms with Gasteiger partial charge in [-0.25, -0.2) is 14.4 Å². The Balaban J connectivity index is 0. The number of carbonyl (C=O) groups is 3. The average Bonchev–Trinajstić information content (AvgIpc) is 2.40. The van der Waals surface area contributed by atoms with E-state index in [1.807, 2.05) is 0 Å². The molecule has 0 aromatic heterocycles. The van der Waals surface area contributed by atoms with Gasteiger partial charge in [-0.2, -0.15) is 0 Å². The molecule has 0 saturated carbocycles. The van der Waals surface area contributed by atoms with Crippen molar-refractivity contribution in [2.24, 2.45) is 0 Å². The van der Waals surface area contributed by atoms with Crippen molar-refractivity contribution < 1.29 is 29.0 Å². The summed E-state index contributed by atoms with van der Waals surface area (Å²) < 4.78 is 9.15. The third-order valence-electron chi connectivity index (χ3n) is 1.41. The fraction of sp³-hybridized carbons (Fsp3) is 0.214. The van der Waals surface area contributed by atoms with E-state index in [1.165, 1.54) is 19.1 Å². The molecule has 20 heavy (non-hydrogen) atoms. The van der Waals surface area contributed by atoms with E-state index in [0.717, 1.165) is 12.2 Å². The van der Waals surface area contributed by atoms with Crippen molar-refractivity contribution >= 4 is 17.9 Å². The lowest BCUT2D eigenvalue weighted by molar-refractivity contribution is -0.139. The lowest BCUT2D eigenvalue weighted by Gasteiger charge is -1.96. The van der Waals surface area contributed by atoms with Crippen LogP contribution in [-0.2, 0) is 23.9 Å². The lowest BCUT2D eigenvalue weighted by Crippen LogP contribution is -2.04. The van der Waals surface area contributed by atoms with Gasteiger partial charge in [0.2, 0.25) is 0 Å². The van der Waals surface area contributed by atoms with Crippen LogP contribution in [0.2, 0.25) is 0 Å². The Morgan fingerprint density at radius 3 is 1.50 bits per heavy atom. The minimum Gasteiger partial charge on any atom is -0.478 e. The molecule has 0 atom stereocenters. The van der Waals surface area contributed by atoms with Crippen LogP contribution in [0.1, 0.15) is 6.92 Å².